The molecule has 76 valence electrons. The molecule has 2 heterocycles. The van der Waals surface area contributed by atoms with Crippen molar-refractivity contribution in [3.63, 3.8) is 0 Å². The Bertz CT molecular complexity index is 348. The maximum Gasteiger partial charge on any atom is 0.291 e. The Morgan fingerprint density at radius 1 is 1.79 bits per heavy atom. The van der Waals surface area contributed by atoms with E-state index in [1.165, 1.54) is 6.39 Å². The number of amides is 1. The summed E-state index contributed by atoms with van der Waals surface area (Å²) in [6.45, 7) is 3.08. The van der Waals surface area contributed by atoms with Crippen molar-refractivity contribution in [2.45, 2.75) is 19.4 Å². The van der Waals surface area contributed by atoms with Crippen molar-refractivity contribution in [2.24, 2.45) is 5.73 Å². The summed E-state index contributed by atoms with van der Waals surface area (Å²) in [6.07, 6.45) is 2.15. The minimum absolute atomic E-state index is 0.0992. The predicted molar refractivity (Wildman–Crippen MR) is 49.7 cm³/mol. The van der Waals surface area contributed by atoms with E-state index in [1.807, 2.05) is 0 Å². The molecule has 1 saturated heterocycles. The lowest BCUT2D eigenvalue weighted by Crippen LogP contribution is -2.32. The summed E-state index contributed by atoms with van der Waals surface area (Å²) in [5.41, 5.74) is 6.35. The number of likely N-dealkylation sites (tertiary alicyclic amines) is 1. The predicted octanol–water partition coefficient (Wildman–Crippen LogP) is 0.156. The van der Waals surface area contributed by atoms with Gasteiger partial charge in [0.25, 0.3) is 5.91 Å². The largest absolute Gasteiger partial charge is 0.438 e. The van der Waals surface area contributed by atoms with Crippen molar-refractivity contribution in [2.75, 3.05) is 13.1 Å². The van der Waals surface area contributed by atoms with Crippen LogP contribution < -0.4 is 5.73 Å². The van der Waals surface area contributed by atoms with E-state index in [0.717, 1.165) is 6.42 Å². The van der Waals surface area contributed by atoms with Crippen molar-refractivity contribution in [1.29, 1.82) is 0 Å². The van der Waals surface area contributed by atoms with E-state index in [1.54, 1.807) is 11.8 Å². The van der Waals surface area contributed by atoms with E-state index < -0.39 is 0 Å². The number of hydrogen-bond acceptors (Lipinski definition) is 4. The maximum atomic E-state index is 11.8. The van der Waals surface area contributed by atoms with Crippen molar-refractivity contribution in [3.8, 4) is 0 Å². The van der Waals surface area contributed by atoms with Crippen LogP contribution in [0.2, 0.25) is 0 Å². The van der Waals surface area contributed by atoms with Crippen LogP contribution in [0.4, 0.5) is 0 Å². The zero-order chi connectivity index (χ0) is 10.1. The summed E-state index contributed by atoms with van der Waals surface area (Å²) in [6, 6.07) is 0.0992. The van der Waals surface area contributed by atoms with E-state index in [0.29, 0.717) is 24.5 Å². The number of nitrogens with two attached hydrogens (primary N) is 1. The second kappa shape index (κ2) is 3.42. The topological polar surface area (TPSA) is 72.4 Å². The third-order valence-electron chi connectivity index (χ3n) is 2.45. The van der Waals surface area contributed by atoms with E-state index in [-0.39, 0.29) is 11.9 Å². The first-order chi connectivity index (χ1) is 6.68. The average Bonchev–Trinajstić information content (AvgIpc) is 2.73. The van der Waals surface area contributed by atoms with Crippen LogP contribution in [0, 0.1) is 6.92 Å². The van der Waals surface area contributed by atoms with E-state index in [2.05, 4.69) is 4.98 Å². The Labute approximate surface area is 81.9 Å². The van der Waals surface area contributed by atoms with Gasteiger partial charge in [-0.3, -0.25) is 4.79 Å². The van der Waals surface area contributed by atoms with Crippen molar-refractivity contribution in [3.05, 3.63) is 17.8 Å². The molecule has 0 bridgehead atoms. The van der Waals surface area contributed by atoms with Gasteiger partial charge in [-0.2, -0.15) is 0 Å². The number of nitrogens with zero attached hydrogens (tertiary/aromatic N) is 2. The molecule has 1 fully saturated rings. The highest BCUT2D eigenvalue weighted by molar-refractivity contribution is 5.92. The molecule has 14 heavy (non-hydrogen) atoms. The molecule has 1 atom stereocenters. The Kier molecular flexibility index (Phi) is 2.25. The van der Waals surface area contributed by atoms with Crippen LogP contribution in [0.3, 0.4) is 0 Å². The van der Waals surface area contributed by atoms with E-state index in [9.17, 15) is 4.79 Å². The molecule has 1 amide bonds. The first-order valence-electron chi connectivity index (χ1n) is 4.63. The van der Waals surface area contributed by atoms with Crippen LogP contribution in [0.1, 0.15) is 22.7 Å². The highest BCUT2D eigenvalue weighted by Gasteiger charge is 2.27. The number of aromatic nitrogens is 1. The Balaban J connectivity index is 2.13. The van der Waals surface area contributed by atoms with Gasteiger partial charge in [-0.15, -0.1) is 0 Å². The summed E-state index contributed by atoms with van der Waals surface area (Å²) in [4.78, 5) is 17.4. The quantitative estimate of drug-likeness (QED) is 0.692. The van der Waals surface area contributed by atoms with Crippen LogP contribution in [-0.2, 0) is 0 Å². The summed E-state index contributed by atoms with van der Waals surface area (Å²) in [5, 5.41) is 0. The van der Waals surface area contributed by atoms with Crippen LogP contribution in [0.15, 0.2) is 10.8 Å². The van der Waals surface area contributed by atoms with Gasteiger partial charge < -0.3 is 15.1 Å². The van der Waals surface area contributed by atoms with Crippen LogP contribution in [0.5, 0.6) is 0 Å². The smallest absolute Gasteiger partial charge is 0.291 e. The molecule has 1 aromatic rings. The standard InChI is InChI=1S/C9H13N3O2/c1-6-8(14-5-11-6)9(13)12-3-2-7(10)4-12/h5,7H,2-4,10H2,1H3. The first-order valence-corrected chi connectivity index (χ1v) is 4.63. The first kappa shape index (κ1) is 9.21. The summed E-state index contributed by atoms with van der Waals surface area (Å²) >= 11 is 0. The van der Waals surface area contributed by atoms with Gasteiger partial charge in [0.2, 0.25) is 5.76 Å². The minimum Gasteiger partial charge on any atom is -0.438 e. The molecular weight excluding hydrogens is 182 g/mol. The van der Waals surface area contributed by atoms with Gasteiger partial charge in [-0.05, 0) is 13.3 Å². The molecule has 1 aliphatic heterocycles. The Morgan fingerprint density at radius 3 is 3.07 bits per heavy atom. The molecule has 0 saturated carbocycles. The fourth-order valence-electron chi connectivity index (χ4n) is 1.62. The lowest BCUT2D eigenvalue weighted by Gasteiger charge is -2.13. The Morgan fingerprint density at radius 2 is 2.57 bits per heavy atom. The SMILES string of the molecule is Cc1ncoc1C(=O)N1CCC(N)C1. The number of aryl methyl sites for hydroxylation is 1. The van der Waals surface area contributed by atoms with Crippen LogP contribution in [-0.4, -0.2) is 34.9 Å². The zero-order valence-corrected chi connectivity index (χ0v) is 8.06. The summed E-state index contributed by atoms with van der Waals surface area (Å²) in [7, 11) is 0. The second-order valence-electron chi connectivity index (χ2n) is 3.57. The highest BCUT2D eigenvalue weighted by atomic mass is 16.3. The Hall–Kier alpha value is -1.36. The van der Waals surface area contributed by atoms with Gasteiger partial charge in [0, 0.05) is 19.1 Å². The second-order valence-corrected chi connectivity index (χ2v) is 3.57. The summed E-state index contributed by atoms with van der Waals surface area (Å²) in [5.74, 6) is 0.229. The molecule has 1 unspecified atom stereocenters. The third-order valence-corrected chi connectivity index (χ3v) is 2.45. The molecule has 0 aliphatic carbocycles. The molecule has 0 aromatic carbocycles. The lowest BCUT2D eigenvalue weighted by atomic mass is 10.3. The van der Waals surface area contributed by atoms with E-state index in [4.69, 9.17) is 10.2 Å². The van der Waals surface area contributed by atoms with Crippen molar-refractivity contribution >= 4 is 5.91 Å². The molecule has 2 rings (SSSR count). The summed E-state index contributed by atoms with van der Waals surface area (Å²) < 4.78 is 5.03. The maximum absolute atomic E-state index is 11.8. The number of carbonyl (C=O) groups excluding carboxylic acids is 1. The minimum atomic E-state index is -0.104. The molecular formula is C9H13N3O2. The van der Waals surface area contributed by atoms with Crippen molar-refractivity contribution in [1.82, 2.24) is 9.88 Å². The third kappa shape index (κ3) is 1.50. The van der Waals surface area contributed by atoms with Gasteiger partial charge in [0.05, 0.1) is 5.69 Å². The monoisotopic (exact) mass is 195 g/mol. The number of carbonyl (C=O) groups is 1. The number of oxazole rings is 1. The van der Waals surface area contributed by atoms with Crippen LogP contribution in [0.25, 0.3) is 0 Å². The van der Waals surface area contributed by atoms with Gasteiger partial charge in [-0.25, -0.2) is 4.98 Å². The molecule has 5 nitrogen and oxygen atoms in total. The van der Waals surface area contributed by atoms with Crippen molar-refractivity contribution < 1.29 is 9.21 Å². The van der Waals surface area contributed by atoms with Gasteiger partial charge in [0.15, 0.2) is 6.39 Å². The lowest BCUT2D eigenvalue weighted by molar-refractivity contribution is 0.0758. The number of hydrogen-bond donors (Lipinski definition) is 1. The molecule has 0 spiro atoms. The van der Waals surface area contributed by atoms with Crippen LogP contribution >= 0.6 is 0 Å². The van der Waals surface area contributed by atoms with Gasteiger partial charge in [0.1, 0.15) is 0 Å². The molecule has 1 aromatic heterocycles. The highest BCUT2D eigenvalue weighted by Crippen LogP contribution is 2.14. The number of rotatable bonds is 1. The van der Waals surface area contributed by atoms with E-state index >= 15 is 0 Å². The average molecular weight is 195 g/mol. The van der Waals surface area contributed by atoms with Gasteiger partial charge in [-0.1, -0.05) is 0 Å². The normalized spacial score (nSPS) is 21.6. The van der Waals surface area contributed by atoms with Gasteiger partial charge >= 0.3 is 0 Å². The molecule has 1 aliphatic rings. The fourth-order valence-corrected chi connectivity index (χ4v) is 1.62. The molecule has 2 N–H and O–H groups in total. The molecule has 5 heteroatoms. The molecule has 0 radical (unpaired) electrons. The zero-order valence-electron chi connectivity index (χ0n) is 8.06. The fraction of sp³-hybridized carbons (Fsp3) is 0.556.